The molecule has 1 aromatic carbocycles. The number of carbonyl (C=O) groups is 2. The molecule has 0 aromatic heterocycles. The van der Waals surface area contributed by atoms with Gasteiger partial charge in [0.05, 0.1) is 5.92 Å². The summed E-state index contributed by atoms with van der Waals surface area (Å²) in [5, 5.41) is 8.61. The highest BCUT2D eigenvalue weighted by Gasteiger charge is 2.47. The Morgan fingerprint density at radius 1 is 1.16 bits per heavy atom. The minimum atomic E-state index is -3.61. The molecule has 2 saturated heterocycles. The minimum Gasteiger partial charge on any atom is -0.481 e. The number of hydrogen-bond acceptors (Lipinski definition) is 4. The Kier molecular flexibility index (Phi) is 4.83. The molecular formula is C17H22N2O5S. The highest BCUT2D eigenvalue weighted by molar-refractivity contribution is 7.89. The molecule has 0 unspecified atom stereocenters. The maximum absolute atomic E-state index is 12.8. The van der Waals surface area contributed by atoms with Crippen molar-refractivity contribution in [2.24, 2.45) is 5.92 Å². The summed E-state index contributed by atoms with van der Waals surface area (Å²) in [5.41, 5.74) is 0.538. The average Bonchev–Trinajstić information content (AvgIpc) is 2.53. The van der Waals surface area contributed by atoms with Gasteiger partial charge in [-0.05, 0) is 31.9 Å². The van der Waals surface area contributed by atoms with Crippen molar-refractivity contribution < 1.29 is 23.1 Å². The van der Waals surface area contributed by atoms with E-state index < -0.39 is 33.2 Å². The largest absolute Gasteiger partial charge is 0.481 e. The van der Waals surface area contributed by atoms with Crippen molar-refractivity contribution in [2.45, 2.75) is 31.1 Å². The lowest BCUT2D eigenvalue weighted by Crippen LogP contribution is -2.62. The van der Waals surface area contributed by atoms with E-state index in [1.807, 2.05) is 6.07 Å². The van der Waals surface area contributed by atoms with Crippen LogP contribution in [-0.4, -0.2) is 65.5 Å². The maximum Gasteiger partial charge on any atom is 0.308 e. The van der Waals surface area contributed by atoms with Crippen molar-refractivity contribution in [1.82, 2.24) is 9.21 Å². The summed E-state index contributed by atoms with van der Waals surface area (Å²) in [6.07, 6.45) is 1.03. The van der Waals surface area contributed by atoms with Crippen LogP contribution < -0.4 is 0 Å². The van der Waals surface area contributed by atoms with Gasteiger partial charge in [-0.1, -0.05) is 18.2 Å². The van der Waals surface area contributed by atoms with Crippen molar-refractivity contribution >= 4 is 21.9 Å². The van der Waals surface area contributed by atoms with Crippen LogP contribution in [0.1, 0.15) is 30.1 Å². The molecule has 2 aliphatic heterocycles. The lowest BCUT2D eigenvalue weighted by Gasteiger charge is -2.44. The monoisotopic (exact) mass is 366 g/mol. The molecule has 2 atom stereocenters. The van der Waals surface area contributed by atoms with Crippen molar-refractivity contribution in [2.75, 3.05) is 19.6 Å². The van der Waals surface area contributed by atoms with Crippen LogP contribution in [0.2, 0.25) is 0 Å². The summed E-state index contributed by atoms with van der Waals surface area (Å²) < 4.78 is 27.0. The topological polar surface area (TPSA) is 95.0 Å². The maximum atomic E-state index is 12.8. The zero-order valence-corrected chi connectivity index (χ0v) is 14.9. The molecule has 25 heavy (non-hydrogen) atoms. The number of sulfonamides is 1. The molecule has 0 radical (unpaired) electrons. The molecule has 2 fully saturated rings. The molecule has 7 nitrogen and oxygen atoms in total. The number of piperidine rings is 1. The summed E-state index contributed by atoms with van der Waals surface area (Å²) in [4.78, 5) is 25.2. The van der Waals surface area contributed by atoms with E-state index in [9.17, 15) is 23.1 Å². The highest BCUT2D eigenvalue weighted by Crippen LogP contribution is 2.30. The standard InChI is InChI=1S/C17H22N2O5S/c1-12-15(17(21)22)8-5-9-19(12)25(23,24)14-10-18(11-14)16(20)13-6-3-2-4-7-13/h2-4,6-7,12,14-15H,5,8-11H2,1H3,(H,21,22)/t12-,15-/m1/s1. The molecule has 0 spiro atoms. The van der Waals surface area contributed by atoms with Gasteiger partial charge < -0.3 is 10.0 Å². The molecule has 136 valence electrons. The van der Waals surface area contributed by atoms with Gasteiger partial charge in [0, 0.05) is 31.2 Å². The van der Waals surface area contributed by atoms with Crippen LogP contribution in [0.4, 0.5) is 0 Å². The molecular weight excluding hydrogens is 344 g/mol. The van der Waals surface area contributed by atoms with Gasteiger partial charge in [0.2, 0.25) is 10.0 Å². The SMILES string of the molecule is C[C@@H]1[C@H](C(=O)O)CCCN1S(=O)(=O)C1CN(C(=O)c2ccccc2)C1. The number of carboxylic acids is 1. The third kappa shape index (κ3) is 3.28. The molecule has 3 rings (SSSR count). The number of hydrogen-bond donors (Lipinski definition) is 1. The first-order valence-electron chi connectivity index (χ1n) is 8.40. The second-order valence-corrected chi connectivity index (χ2v) is 8.85. The molecule has 0 aliphatic carbocycles. The van der Waals surface area contributed by atoms with Gasteiger partial charge in [0.15, 0.2) is 0 Å². The van der Waals surface area contributed by atoms with E-state index in [-0.39, 0.29) is 19.0 Å². The molecule has 1 aromatic rings. The Morgan fingerprint density at radius 3 is 2.40 bits per heavy atom. The third-order valence-electron chi connectivity index (χ3n) is 5.15. The minimum absolute atomic E-state index is 0.150. The summed E-state index contributed by atoms with van der Waals surface area (Å²) in [7, 11) is -3.61. The predicted molar refractivity (Wildman–Crippen MR) is 91.6 cm³/mol. The summed E-state index contributed by atoms with van der Waals surface area (Å²) in [5.74, 6) is -1.81. The van der Waals surface area contributed by atoms with Crippen LogP contribution in [0.25, 0.3) is 0 Å². The molecule has 2 aliphatic rings. The van der Waals surface area contributed by atoms with E-state index in [1.54, 1.807) is 31.2 Å². The second kappa shape index (κ2) is 6.76. The second-order valence-electron chi connectivity index (χ2n) is 6.68. The first-order chi connectivity index (χ1) is 11.8. The van der Waals surface area contributed by atoms with Crippen LogP contribution in [-0.2, 0) is 14.8 Å². The summed E-state index contributed by atoms with van der Waals surface area (Å²) in [6.45, 7) is 2.30. The molecule has 1 N–H and O–H groups in total. The average molecular weight is 366 g/mol. The van der Waals surface area contributed by atoms with Gasteiger partial charge in [-0.3, -0.25) is 9.59 Å². The Hall–Kier alpha value is -1.93. The molecule has 1 amide bonds. The number of aliphatic carboxylic acids is 1. The Morgan fingerprint density at radius 2 is 1.80 bits per heavy atom. The Bertz CT molecular complexity index is 759. The van der Waals surface area contributed by atoms with Crippen LogP contribution in [0.5, 0.6) is 0 Å². The summed E-state index contributed by atoms with van der Waals surface area (Å²) >= 11 is 0. The van der Waals surface area contributed by atoms with Crippen LogP contribution in [0.15, 0.2) is 30.3 Å². The van der Waals surface area contributed by atoms with Crippen LogP contribution in [0, 0.1) is 5.92 Å². The lowest BCUT2D eigenvalue weighted by atomic mass is 9.92. The van der Waals surface area contributed by atoms with Gasteiger partial charge in [0.25, 0.3) is 5.91 Å². The number of nitrogens with zero attached hydrogens (tertiary/aromatic N) is 2. The number of carboxylic acid groups (broad SMARTS) is 1. The van der Waals surface area contributed by atoms with Crippen molar-refractivity contribution in [3.8, 4) is 0 Å². The Labute approximate surface area is 147 Å². The zero-order chi connectivity index (χ0) is 18.2. The van der Waals surface area contributed by atoms with Gasteiger partial charge in [0.1, 0.15) is 5.25 Å². The number of amides is 1. The third-order valence-corrected chi connectivity index (χ3v) is 7.46. The first kappa shape index (κ1) is 17.9. The highest BCUT2D eigenvalue weighted by atomic mass is 32.2. The lowest BCUT2D eigenvalue weighted by molar-refractivity contribution is -0.144. The van der Waals surface area contributed by atoms with Crippen LogP contribution >= 0.6 is 0 Å². The van der Waals surface area contributed by atoms with Gasteiger partial charge in [-0.25, -0.2) is 8.42 Å². The quantitative estimate of drug-likeness (QED) is 0.859. The fourth-order valence-electron chi connectivity index (χ4n) is 3.55. The van der Waals surface area contributed by atoms with Crippen molar-refractivity contribution in [1.29, 1.82) is 0 Å². The van der Waals surface area contributed by atoms with E-state index in [0.717, 1.165) is 0 Å². The smallest absolute Gasteiger partial charge is 0.308 e. The fourth-order valence-corrected chi connectivity index (χ4v) is 5.66. The number of benzene rings is 1. The molecule has 0 bridgehead atoms. The van der Waals surface area contributed by atoms with Crippen molar-refractivity contribution in [3.05, 3.63) is 35.9 Å². The van der Waals surface area contributed by atoms with E-state index in [2.05, 4.69) is 0 Å². The van der Waals surface area contributed by atoms with Crippen LogP contribution in [0.3, 0.4) is 0 Å². The number of carbonyl (C=O) groups excluding carboxylic acids is 1. The van der Waals surface area contributed by atoms with E-state index in [4.69, 9.17) is 0 Å². The predicted octanol–water partition coefficient (Wildman–Crippen LogP) is 1.03. The van der Waals surface area contributed by atoms with Gasteiger partial charge in [-0.2, -0.15) is 4.31 Å². The normalized spacial score (nSPS) is 25.4. The zero-order valence-electron chi connectivity index (χ0n) is 14.0. The number of likely N-dealkylation sites (tertiary alicyclic amines) is 1. The summed E-state index contributed by atoms with van der Waals surface area (Å²) in [6, 6.07) is 8.19. The van der Waals surface area contributed by atoms with E-state index in [0.29, 0.717) is 24.9 Å². The van der Waals surface area contributed by atoms with E-state index >= 15 is 0 Å². The molecule has 0 saturated carbocycles. The number of rotatable bonds is 4. The van der Waals surface area contributed by atoms with Gasteiger partial charge in [-0.15, -0.1) is 0 Å². The first-order valence-corrected chi connectivity index (χ1v) is 9.90. The van der Waals surface area contributed by atoms with E-state index in [1.165, 1.54) is 9.21 Å². The van der Waals surface area contributed by atoms with Gasteiger partial charge >= 0.3 is 5.97 Å². The Balaban J connectivity index is 1.67. The fraction of sp³-hybridized carbons (Fsp3) is 0.529. The molecule has 2 heterocycles. The molecule has 8 heteroatoms. The van der Waals surface area contributed by atoms with Crippen molar-refractivity contribution in [3.63, 3.8) is 0 Å².